The lowest BCUT2D eigenvalue weighted by atomic mass is 10.2. The molecule has 0 aliphatic heterocycles. The van der Waals surface area contributed by atoms with E-state index in [1.165, 1.54) is 15.9 Å². The number of carboxylic acids is 1. The van der Waals surface area contributed by atoms with E-state index >= 15 is 0 Å². The van der Waals surface area contributed by atoms with Crippen LogP contribution in [0.15, 0.2) is 71.8 Å². The number of carboxylic acid groups (broad SMARTS) is 1. The van der Waals surface area contributed by atoms with Crippen molar-refractivity contribution in [2.24, 2.45) is 0 Å². The van der Waals surface area contributed by atoms with Gasteiger partial charge in [0, 0.05) is 32.4 Å². The first kappa shape index (κ1) is 46.5. The highest BCUT2D eigenvalue weighted by Gasteiger charge is 2.24. The quantitative estimate of drug-likeness (QED) is 0.0802. The normalized spacial score (nSPS) is 11.8. The molecule has 0 aliphatic rings. The maximum absolute atomic E-state index is 12.5. The van der Waals surface area contributed by atoms with Crippen LogP contribution in [0.2, 0.25) is 0 Å². The van der Waals surface area contributed by atoms with Crippen LogP contribution < -0.4 is 9.47 Å². The zero-order valence-electron chi connectivity index (χ0n) is 31.5. The molecule has 2 rings (SSSR count). The second kappa shape index (κ2) is 23.2. The Morgan fingerprint density at radius 2 is 1.04 bits per heavy atom. The lowest BCUT2D eigenvalue weighted by Gasteiger charge is -2.27. The van der Waals surface area contributed by atoms with Crippen LogP contribution in [0.3, 0.4) is 0 Å². The molecular formula is C38H52I2N2O10. The van der Waals surface area contributed by atoms with E-state index in [1.807, 2.05) is 69.3 Å². The number of rotatable bonds is 15. The van der Waals surface area contributed by atoms with E-state index in [2.05, 4.69) is 45.2 Å². The van der Waals surface area contributed by atoms with Crippen molar-refractivity contribution >= 4 is 69.3 Å². The fourth-order valence-corrected chi connectivity index (χ4v) is 4.74. The van der Waals surface area contributed by atoms with Crippen molar-refractivity contribution in [2.45, 2.75) is 73.5 Å². The Morgan fingerprint density at radius 3 is 1.37 bits per heavy atom. The number of halogens is 2. The van der Waals surface area contributed by atoms with Crippen LogP contribution in [0.1, 0.15) is 62.3 Å². The molecule has 2 amide bonds. The Labute approximate surface area is 335 Å². The number of hydrogen-bond donors (Lipinski definition) is 1. The molecule has 2 aromatic rings. The summed E-state index contributed by atoms with van der Waals surface area (Å²) in [6.07, 6.45) is 1.51. The van der Waals surface area contributed by atoms with Crippen molar-refractivity contribution in [2.75, 3.05) is 46.0 Å². The molecule has 0 saturated carbocycles. The zero-order chi connectivity index (χ0) is 39.5. The number of benzene rings is 2. The number of aliphatic carboxylic acids is 1. The monoisotopic (exact) mass is 950 g/mol. The predicted octanol–water partition coefficient (Wildman–Crippen LogP) is 8.35. The highest BCUT2D eigenvalue weighted by atomic mass is 127. The predicted molar refractivity (Wildman–Crippen MR) is 217 cm³/mol. The van der Waals surface area contributed by atoms with Crippen LogP contribution in [0, 0.1) is 7.14 Å². The second-order valence-electron chi connectivity index (χ2n) is 13.5. The minimum Gasteiger partial charge on any atom is -0.492 e. The molecule has 52 heavy (non-hydrogen) atoms. The molecule has 1 N–H and O–H groups in total. The lowest BCUT2D eigenvalue weighted by Crippen LogP contribution is -2.40. The number of hydrogen-bond acceptors (Lipinski definition) is 9. The van der Waals surface area contributed by atoms with Crippen molar-refractivity contribution in [3.63, 3.8) is 0 Å². The van der Waals surface area contributed by atoms with Gasteiger partial charge in [0.25, 0.3) is 0 Å². The topological polar surface area (TPSA) is 141 Å². The minimum absolute atomic E-state index is 0.164. The Bertz CT molecular complexity index is 1500. The minimum atomic E-state index is -1.04. The van der Waals surface area contributed by atoms with Crippen LogP contribution in [0.5, 0.6) is 11.5 Å². The molecule has 0 heterocycles. The van der Waals surface area contributed by atoms with Crippen LogP contribution in [-0.4, -0.2) is 96.2 Å². The summed E-state index contributed by atoms with van der Waals surface area (Å²) in [6, 6.07) is 15.2. The Morgan fingerprint density at radius 1 is 0.673 bits per heavy atom. The first-order valence-corrected chi connectivity index (χ1v) is 18.8. The largest absolute Gasteiger partial charge is 0.492 e. The maximum atomic E-state index is 12.5. The van der Waals surface area contributed by atoms with E-state index < -0.39 is 35.3 Å². The summed E-state index contributed by atoms with van der Waals surface area (Å²) in [5, 5.41) is 8.83. The average molecular weight is 951 g/mol. The maximum Gasteiger partial charge on any atom is 0.410 e. The van der Waals surface area contributed by atoms with Gasteiger partial charge in [0.1, 0.15) is 35.9 Å². The van der Waals surface area contributed by atoms with E-state index in [4.69, 9.17) is 28.8 Å². The van der Waals surface area contributed by atoms with E-state index in [-0.39, 0.29) is 26.2 Å². The molecule has 0 bridgehead atoms. The third-order valence-corrected chi connectivity index (χ3v) is 7.53. The molecule has 0 unspecified atom stereocenters. The number of ether oxygens (including phenoxy) is 5. The molecule has 14 heteroatoms. The third kappa shape index (κ3) is 22.4. The Hall–Kier alpha value is -3.54. The number of carbonyl (C=O) groups is 4. The van der Waals surface area contributed by atoms with Gasteiger partial charge in [-0.25, -0.2) is 19.2 Å². The first-order valence-electron chi connectivity index (χ1n) is 16.6. The van der Waals surface area contributed by atoms with E-state index in [9.17, 15) is 19.2 Å². The zero-order valence-corrected chi connectivity index (χ0v) is 35.8. The number of carbonyl (C=O) groups excluding carboxylic acids is 3. The fourth-order valence-electron chi connectivity index (χ4n) is 4.02. The number of esters is 1. The summed E-state index contributed by atoms with van der Waals surface area (Å²) in [7, 11) is 0. The lowest BCUT2D eigenvalue weighted by molar-refractivity contribution is -0.137. The molecule has 0 aromatic heterocycles. The smallest absolute Gasteiger partial charge is 0.410 e. The Balaban J connectivity index is 0.000000522. The van der Waals surface area contributed by atoms with Gasteiger partial charge in [0.2, 0.25) is 0 Å². The van der Waals surface area contributed by atoms with Crippen LogP contribution >= 0.6 is 45.2 Å². The standard InChI is InChI=1S/C20H28INO5.C18H24INO5/c1-6-25-18(23)13-15(2)14-22(19(24)27-20(3,4)5)11-12-26-17-9-7-16(21)8-10-17;1-13(11-16(21)22)12-20(17(23)25-18(2,3)4)9-10-24-15-7-5-14(19)6-8-15/h7-10,13H,6,11-12,14H2,1-5H3;5-8,11H,9-10,12H2,1-4H3,(H,21,22)/b15-13+;13-11+. The molecule has 12 nitrogen and oxygen atoms in total. The van der Waals surface area contributed by atoms with Crippen molar-refractivity contribution in [3.8, 4) is 11.5 Å². The van der Waals surface area contributed by atoms with Crippen molar-refractivity contribution in [1.82, 2.24) is 9.80 Å². The van der Waals surface area contributed by atoms with Crippen LogP contribution in [-0.2, 0) is 23.8 Å². The van der Waals surface area contributed by atoms with Gasteiger partial charge in [-0.3, -0.25) is 0 Å². The van der Waals surface area contributed by atoms with Gasteiger partial charge in [0.15, 0.2) is 0 Å². The Kier molecular flexibility index (Phi) is 20.7. The summed E-state index contributed by atoms with van der Waals surface area (Å²) in [6.45, 7) is 17.9. The van der Waals surface area contributed by atoms with Gasteiger partial charge in [-0.1, -0.05) is 0 Å². The van der Waals surface area contributed by atoms with E-state index in [0.29, 0.717) is 36.7 Å². The molecule has 2 aromatic carbocycles. The van der Waals surface area contributed by atoms with Gasteiger partial charge in [-0.05, 0) is 167 Å². The summed E-state index contributed by atoms with van der Waals surface area (Å²) in [4.78, 5) is 50.2. The van der Waals surface area contributed by atoms with Crippen LogP contribution in [0.25, 0.3) is 0 Å². The number of nitrogens with zero attached hydrogens (tertiary/aromatic N) is 2. The molecule has 0 saturated heterocycles. The van der Waals surface area contributed by atoms with Gasteiger partial charge in [0.05, 0.1) is 19.7 Å². The molecule has 0 fully saturated rings. The molecule has 288 valence electrons. The summed E-state index contributed by atoms with van der Waals surface area (Å²) in [5.41, 5.74) is 0.0168. The van der Waals surface area contributed by atoms with Gasteiger partial charge in [-0.2, -0.15) is 0 Å². The highest BCUT2D eigenvalue weighted by molar-refractivity contribution is 14.1. The van der Waals surface area contributed by atoms with Crippen molar-refractivity contribution < 1.29 is 48.0 Å². The second-order valence-corrected chi connectivity index (χ2v) is 16.0. The summed E-state index contributed by atoms with van der Waals surface area (Å²) in [5.74, 6) is -0.0215. The van der Waals surface area contributed by atoms with Gasteiger partial charge < -0.3 is 38.6 Å². The van der Waals surface area contributed by atoms with Crippen LogP contribution in [0.4, 0.5) is 9.59 Å². The van der Waals surface area contributed by atoms with E-state index in [1.54, 1.807) is 41.5 Å². The highest BCUT2D eigenvalue weighted by Crippen LogP contribution is 2.16. The van der Waals surface area contributed by atoms with E-state index in [0.717, 1.165) is 19.0 Å². The first-order chi connectivity index (χ1) is 24.2. The molecular weight excluding hydrogens is 898 g/mol. The van der Waals surface area contributed by atoms with Gasteiger partial charge >= 0.3 is 24.1 Å². The average Bonchev–Trinajstić information content (AvgIpc) is 3.00. The SMILES string of the molecule is C/C(=C\C(=O)O)CN(CCOc1ccc(I)cc1)C(=O)OC(C)(C)C.CCOC(=O)/C=C(\C)CN(CCOc1ccc(I)cc1)C(=O)OC(C)(C)C. The molecule has 0 aliphatic carbocycles. The molecule has 0 atom stereocenters. The number of amides is 2. The molecule has 0 radical (unpaired) electrons. The van der Waals surface area contributed by atoms with Crippen molar-refractivity contribution in [1.29, 1.82) is 0 Å². The third-order valence-electron chi connectivity index (χ3n) is 6.09. The summed E-state index contributed by atoms with van der Waals surface area (Å²) < 4.78 is 29.3. The van der Waals surface area contributed by atoms with Gasteiger partial charge in [-0.15, -0.1) is 0 Å². The van der Waals surface area contributed by atoms with Crippen molar-refractivity contribution in [3.05, 3.63) is 79.0 Å². The summed E-state index contributed by atoms with van der Waals surface area (Å²) >= 11 is 4.43. The molecule has 0 spiro atoms. The fraction of sp³-hybridized carbons (Fsp3) is 0.474.